The second-order valence-electron chi connectivity index (χ2n) is 4.07. The van der Waals surface area contributed by atoms with Crippen LogP contribution in [-0.2, 0) is 4.79 Å². The van der Waals surface area contributed by atoms with Gasteiger partial charge in [-0.3, -0.25) is 4.79 Å². The Morgan fingerprint density at radius 1 is 1.33 bits per heavy atom. The lowest BCUT2D eigenvalue weighted by molar-refractivity contribution is -0.137. The van der Waals surface area contributed by atoms with Gasteiger partial charge in [0.1, 0.15) is 6.04 Å². The van der Waals surface area contributed by atoms with Gasteiger partial charge in [0.15, 0.2) is 5.78 Å². The summed E-state index contributed by atoms with van der Waals surface area (Å²) in [5, 5.41) is 11.7. The minimum atomic E-state index is -0.931. The number of Topliss-reactive ketones (excluding diaryl/α,β-unsaturated/α-hetero) is 1. The van der Waals surface area contributed by atoms with Gasteiger partial charge >= 0.3 is 5.97 Å². The second-order valence-corrected chi connectivity index (χ2v) is 4.07. The molecule has 0 bridgehead atoms. The smallest absolute Gasteiger partial charge is 0.330 e. The Morgan fingerprint density at radius 3 is 2.78 bits per heavy atom. The highest BCUT2D eigenvalue weighted by Crippen LogP contribution is 2.20. The lowest BCUT2D eigenvalue weighted by Crippen LogP contribution is -2.32. The van der Waals surface area contributed by atoms with Crippen molar-refractivity contribution in [3.8, 4) is 0 Å². The number of dihydropyridines is 1. The third-order valence-electron chi connectivity index (χ3n) is 2.75. The van der Waals surface area contributed by atoms with E-state index in [1.54, 1.807) is 36.6 Å². The highest BCUT2D eigenvalue weighted by atomic mass is 16.4. The number of carbonyl (C=O) groups excluding carboxylic acids is 1. The van der Waals surface area contributed by atoms with Crippen LogP contribution in [0.15, 0.2) is 42.6 Å². The van der Waals surface area contributed by atoms with Crippen LogP contribution in [0.3, 0.4) is 0 Å². The van der Waals surface area contributed by atoms with Gasteiger partial charge in [0.2, 0.25) is 0 Å². The summed E-state index contributed by atoms with van der Waals surface area (Å²) >= 11 is 0. The Morgan fingerprint density at radius 2 is 2.11 bits per heavy atom. The summed E-state index contributed by atoms with van der Waals surface area (Å²) in [6.07, 6.45) is 5.02. The van der Waals surface area contributed by atoms with Crippen LogP contribution in [0, 0.1) is 0 Å². The maximum atomic E-state index is 11.3. The molecule has 1 atom stereocenters. The molecule has 0 spiro atoms. The van der Waals surface area contributed by atoms with Gasteiger partial charge in [0, 0.05) is 5.56 Å². The number of carbonyl (C=O) groups is 2. The maximum Gasteiger partial charge on any atom is 0.330 e. The van der Waals surface area contributed by atoms with Crippen LogP contribution >= 0.6 is 0 Å². The molecule has 92 valence electrons. The standard InChI is InChI=1S/C14H13NO3/c1-9(16)10-3-2-4-11(7-10)12-5-6-15-13(8-12)14(17)18/h2-8,13,15H,1H3,(H,17,18). The molecule has 0 radical (unpaired) electrons. The molecular formula is C14H13NO3. The summed E-state index contributed by atoms with van der Waals surface area (Å²) in [6, 6.07) is 6.42. The van der Waals surface area contributed by atoms with E-state index in [1.165, 1.54) is 6.92 Å². The first-order valence-corrected chi connectivity index (χ1v) is 5.56. The van der Waals surface area contributed by atoms with Gasteiger partial charge in [-0.25, -0.2) is 4.79 Å². The summed E-state index contributed by atoms with van der Waals surface area (Å²) in [5.74, 6) is -0.940. The van der Waals surface area contributed by atoms with E-state index in [9.17, 15) is 9.59 Å². The third kappa shape index (κ3) is 2.48. The average molecular weight is 243 g/mol. The summed E-state index contributed by atoms with van der Waals surface area (Å²) < 4.78 is 0. The second kappa shape index (κ2) is 4.87. The Bertz CT molecular complexity index is 558. The van der Waals surface area contributed by atoms with E-state index in [4.69, 9.17) is 5.11 Å². The molecular weight excluding hydrogens is 230 g/mol. The molecule has 2 rings (SSSR count). The van der Waals surface area contributed by atoms with Crippen LogP contribution in [-0.4, -0.2) is 22.9 Å². The molecule has 1 aliphatic rings. The summed E-state index contributed by atoms with van der Waals surface area (Å²) in [5.41, 5.74) is 2.25. The average Bonchev–Trinajstić information content (AvgIpc) is 2.39. The first kappa shape index (κ1) is 12.1. The molecule has 0 fully saturated rings. The highest BCUT2D eigenvalue weighted by Gasteiger charge is 2.16. The fraction of sp³-hybridized carbons (Fsp3) is 0.143. The zero-order valence-corrected chi connectivity index (χ0v) is 9.88. The van der Waals surface area contributed by atoms with Gasteiger partial charge in [-0.05, 0) is 42.5 Å². The number of hydrogen-bond acceptors (Lipinski definition) is 3. The van der Waals surface area contributed by atoms with Crippen LogP contribution in [0.4, 0.5) is 0 Å². The normalized spacial score (nSPS) is 17.8. The molecule has 1 unspecified atom stereocenters. The molecule has 0 amide bonds. The zero-order valence-electron chi connectivity index (χ0n) is 9.88. The topological polar surface area (TPSA) is 66.4 Å². The molecule has 4 nitrogen and oxygen atoms in total. The van der Waals surface area contributed by atoms with Crippen molar-refractivity contribution < 1.29 is 14.7 Å². The van der Waals surface area contributed by atoms with E-state index < -0.39 is 12.0 Å². The number of hydrogen-bond donors (Lipinski definition) is 2. The van der Waals surface area contributed by atoms with Crippen molar-refractivity contribution in [2.45, 2.75) is 13.0 Å². The molecule has 1 aromatic rings. The predicted molar refractivity (Wildman–Crippen MR) is 68.1 cm³/mol. The van der Waals surface area contributed by atoms with Crippen LogP contribution in [0.1, 0.15) is 22.8 Å². The Kier molecular flexibility index (Phi) is 3.28. The number of aliphatic carboxylic acids is 1. The quantitative estimate of drug-likeness (QED) is 0.795. The largest absolute Gasteiger partial charge is 0.479 e. The van der Waals surface area contributed by atoms with Gasteiger partial charge < -0.3 is 10.4 Å². The number of benzene rings is 1. The van der Waals surface area contributed by atoms with Crippen molar-refractivity contribution in [1.29, 1.82) is 0 Å². The number of ketones is 1. The first-order valence-electron chi connectivity index (χ1n) is 5.56. The molecule has 2 N–H and O–H groups in total. The number of rotatable bonds is 3. The van der Waals surface area contributed by atoms with E-state index >= 15 is 0 Å². The molecule has 0 saturated carbocycles. The number of allylic oxidation sites excluding steroid dienone is 2. The van der Waals surface area contributed by atoms with Crippen molar-refractivity contribution in [2.24, 2.45) is 0 Å². The van der Waals surface area contributed by atoms with Crippen molar-refractivity contribution in [2.75, 3.05) is 0 Å². The number of nitrogens with one attached hydrogen (secondary N) is 1. The van der Waals surface area contributed by atoms with Gasteiger partial charge in [-0.2, -0.15) is 0 Å². The Labute approximate surface area is 105 Å². The fourth-order valence-electron chi connectivity index (χ4n) is 1.78. The van der Waals surface area contributed by atoms with E-state index in [1.807, 2.05) is 6.07 Å². The minimum Gasteiger partial charge on any atom is -0.479 e. The van der Waals surface area contributed by atoms with Gasteiger partial charge in [0.05, 0.1) is 0 Å². The Balaban J connectivity index is 2.36. The molecule has 4 heteroatoms. The lowest BCUT2D eigenvalue weighted by Gasteiger charge is -2.15. The van der Waals surface area contributed by atoms with Crippen molar-refractivity contribution in [3.63, 3.8) is 0 Å². The maximum absolute atomic E-state index is 11.3. The van der Waals surface area contributed by atoms with Crippen LogP contribution in [0.2, 0.25) is 0 Å². The monoisotopic (exact) mass is 243 g/mol. The third-order valence-corrected chi connectivity index (χ3v) is 2.75. The van der Waals surface area contributed by atoms with Crippen molar-refractivity contribution in [1.82, 2.24) is 5.32 Å². The molecule has 1 aromatic carbocycles. The Hall–Kier alpha value is -2.36. The highest BCUT2D eigenvalue weighted by molar-refractivity contribution is 5.95. The van der Waals surface area contributed by atoms with E-state index in [-0.39, 0.29) is 5.78 Å². The lowest BCUT2D eigenvalue weighted by atomic mass is 9.98. The molecule has 1 aliphatic heterocycles. The molecule has 0 aliphatic carbocycles. The summed E-state index contributed by atoms with van der Waals surface area (Å²) in [7, 11) is 0. The fourth-order valence-corrected chi connectivity index (χ4v) is 1.78. The van der Waals surface area contributed by atoms with E-state index in [0.29, 0.717) is 5.56 Å². The molecule has 18 heavy (non-hydrogen) atoms. The van der Waals surface area contributed by atoms with Crippen molar-refractivity contribution in [3.05, 3.63) is 53.7 Å². The summed E-state index contributed by atoms with van der Waals surface area (Å²) in [6.45, 7) is 1.51. The zero-order chi connectivity index (χ0) is 13.1. The molecule has 0 aromatic heterocycles. The molecule has 1 heterocycles. The van der Waals surface area contributed by atoms with Crippen LogP contribution in [0.25, 0.3) is 5.57 Å². The van der Waals surface area contributed by atoms with E-state index in [0.717, 1.165) is 11.1 Å². The van der Waals surface area contributed by atoms with Crippen LogP contribution < -0.4 is 5.32 Å². The first-order chi connectivity index (χ1) is 8.58. The molecule has 0 saturated heterocycles. The van der Waals surface area contributed by atoms with Gasteiger partial charge in [-0.1, -0.05) is 18.2 Å². The number of carboxylic acid groups (broad SMARTS) is 1. The SMILES string of the molecule is CC(=O)c1cccc(C2=CC(C(=O)O)NC=C2)c1. The number of carboxylic acids is 1. The van der Waals surface area contributed by atoms with Gasteiger partial charge in [-0.15, -0.1) is 0 Å². The van der Waals surface area contributed by atoms with Crippen molar-refractivity contribution >= 4 is 17.3 Å². The van der Waals surface area contributed by atoms with Gasteiger partial charge in [0.25, 0.3) is 0 Å². The predicted octanol–water partition coefficient (Wildman–Crippen LogP) is 1.84. The minimum absolute atomic E-state index is 0.00912. The van der Waals surface area contributed by atoms with Crippen LogP contribution in [0.5, 0.6) is 0 Å². The van der Waals surface area contributed by atoms with E-state index in [2.05, 4.69) is 5.32 Å². The summed E-state index contributed by atoms with van der Waals surface area (Å²) in [4.78, 5) is 22.2.